The number of anilines is 1. The zero-order valence-electron chi connectivity index (χ0n) is 16.1. The molecular formula is C19H32ClN3O2S. The van der Waals surface area contributed by atoms with Crippen LogP contribution in [0.5, 0.6) is 0 Å². The molecule has 0 unspecified atom stereocenters. The molecule has 0 atom stereocenters. The second-order valence-electron chi connectivity index (χ2n) is 6.46. The minimum absolute atomic E-state index is 0. The number of hydrogen-bond acceptors (Lipinski definition) is 5. The Hall–Kier alpha value is -1.11. The minimum Gasteiger partial charge on any atom is -0.450 e. The highest BCUT2D eigenvalue weighted by Gasteiger charge is 2.19. The van der Waals surface area contributed by atoms with Gasteiger partial charge in [0.05, 0.1) is 12.3 Å². The average molecular weight is 402 g/mol. The summed E-state index contributed by atoms with van der Waals surface area (Å²) in [4.78, 5) is 17.6. The molecule has 2 rings (SSSR count). The fourth-order valence-electron chi connectivity index (χ4n) is 2.96. The van der Waals surface area contributed by atoms with E-state index in [1.54, 1.807) is 0 Å². The molecule has 148 valence electrons. The summed E-state index contributed by atoms with van der Waals surface area (Å²) in [5.74, 6) is 0. The van der Waals surface area contributed by atoms with Gasteiger partial charge in [0.15, 0.2) is 0 Å². The first-order chi connectivity index (χ1) is 12.1. The van der Waals surface area contributed by atoms with E-state index in [4.69, 9.17) is 4.74 Å². The highest BCUT2D eigenvalue weighted by Crippen LogP contribution is 2.33. The highest BCUT2D eigenvalue weighted by atomic mass is 35.5. The first kappa shape index (κ1) is 22.9. The van der Waals surface area contributed by atoms with E-state index in [1.165, 1.54) is 10.6 Å². The summed E-state index contributed by atoms with van der Waals surface area (Å²) in [5, 5.41) is 3.37. The van der Waals surface area contributed by atoms with Crippen LogP contribution in [-0.4, -0.2) is 62.1 Å². The van der Waals surface area contributed by atoms with Crippen LogP contribution in [0.25, 0.3) is 0 Å². The molecule has 0 aliphatic carbocycles. The molecule has 5 nitrogen and oxygen atoms in total. The molecule has 1 aromatic rings. The van der Waals surface area contributed by atoms with E-state index in [9.17, 15) is 4.79 Å². The summed E-state index contributed by atoms with van der Waals surface area (Å²) >= 11 is 1.94. The van der Waals surface area contributed by atoms with Crippen LogP contribution in [0.4, 0.5) is 10.5 Å². The van der Waals surface area contributed by atoms with E-state index >= 15 is 0 Å². The van der Waals surface area contributed by atoms with Gasteiger partial charge in [0.2, 0.25) is 0 Å². The first-order valence-electron chi connectivity index (χ1n) is 9.23. The zero-order chi connectivity index (χ0) is 18.1. The second kappa shape index (κ2) is 12.3. The van der Waals surface area contributed by atoms with Gasteiger partial charge in [-0.15, -0.1) is 24.2 Å². The van der Waals surface area contributed by atoms with Crippen LogP contribution in [0.3, 0.4) is 0 Å². The molecule has 1 amide bonds. The van der Waals surface area contributed by atoms with Crippen molar-refractivity contribution in [3.8, 4) is 0 Å². The van der Waals surface area contributed by atoms with Gasteiger partial charge in [-0.1, -0.05) is 26.0 Å². The molecule has 1 aliphatic rings. The summed E-state index contributed by atoms with van der Waals surface area (Å²) < 4.78 is 4.86. The van der Waals surface area contributed by atoms with E-state index in [-0.39, 0.29) is 18.5 Å². The lowest BCUT2D eigenvalue weighted by Gasteiger charge is -2.37. The Labute approximate surface area is 168 Å². The lowest BCUT2D eigenvalue weighted by molar-refractivity contribution is 0.151. The van der Waals surface area contributed by atoms with Crippen molar-refractivity contribution in [1.82, 2.24) is 10.2 Å². The summed E-state index contributed by atoms with van der Waals surface area (Å²) in [6, 6.07) is 8.73. The Bertz CT molecular complexity index is 537. The van der Waals surface area contributed by atoms with Crippen molar-refractivity contribution in [2.24, 2.45) is 0 Å². The Morgan fingerprint density at radius 1 is 1.23 bits per heavy atom. The summed E-state index contributed by atoms with van der Waals surface area (Å²) in [6.07, 6.45) is 0.644. The number of para-hydroxylation sites is 1. The Balaban J connectivity index is 0.00000338. The number of nitrogens with one attached hydrogen (secondary N) is 1. The number of thioether (sulfide) groups is 1. The number of carbonyl (C=O) groups is 1. The van der Waals surface area contributed by atoms with Gasteiger partial charge in [0.1, 0.15) is 0 Å². The fourth-order valence-corrected chi connectivity index (χ4v) is 3.94. The van der Waals surface area contributed by atoms with E-state index < -0.39 is 0 Å². The standard InChI is InChI=1S/C19H31N3O2S.ClH/c1-4-24-19(23)20-10-7-11-21-12-14-22(15-13-21)17-8-5-6-9-18(17)25-16(2)3;/h5-6,8-9,16H,4,7,10-15H2,1-3H3,(H,20,23);1H. The SMILES string of the molecule is CCOC(=O)NCCCN1CCN(c2ccccc2SC(C)C)CC1.Cl. The number of hydrogen-bond donors (Lipinski definition) is 1. The van der Waals surface area contributed by atoms with Gasteiger partial charge in [0.25, 0.3) is 0 Å². The van der Waals surface area contributed by atoms with Crippen molar-refractivity contribution in [3.05, 3.63) is 24.3 Å². The van der Waals surface area contributed by atoms with E-state index in [1.807, 2.05) is 18.7 Å². The number of ether oxygens (including phenoxy) is 1. The predicted molar refractivity (Wildman–Crippen MR) is 113 cm³/mol. The molecule has 0 bridgehead atoms. The molecule has 1 heterocycles. The molecule has 1 aromatic carbocycles. The molecule has 0 spiro atoms. The molecule has 1 saturated heterocycles. The van der Waals surface area contributed by atoms with Crippen molar-refractivity contribution in [3.63, 3.8) is 0 Å². The van der Waals surface area contributed by atoms with Crippen molar-refractivity contribution in [1.29, 1.82) is 0 Å². The molecule has 0 radical (unpaired) electrons. The van der Waals surface area contributed by atoms with Crippen LogP contribution in [0.15, 0.2) is 29.2 Å². The molecule has 1 aliphatic heterocycles. The minimum atomic E-state index is -0.313. The van der Waals surface area contributed by atoms with Crippen LogP contribution in [0.2, 0.25) is 0 Å². The smallest absolute Gasteiger partial charge is 0.407 e. The van der Waals surface area contributed by atoms with Gasteiger partial charge >= 0.3 is 6.09 Å². The normalized spacial score (nSPS) is 14.8. The average Bonchev–Trinajstić information content (AvgIpc) is 2.60. The van der Waals surface area contributed by atoms with Crippen molar-refractivity contribution in [2.45, 2.75) is 37.3 Å². The molecule has 7 heteroatoms. The van der Waals surface area contributed by atoms with Gasteiger partial charge in [-0.05, 0) is 32.0 Å². The van der Waals surface area contributed by atoms with Crippen LogP contribution in [0, 0.1) is 0 Å². The maximum absolute atomic E-state index is 11.2. The van der Waals surface area contributed by atoms with Gasteiger partial charge in [-0.25, -0.2) is 4.79 Å². The Kier molecular flexibility index (Phi) is 10.9. The maximum Gasteiger partial charge on any atom is 0.407 e. The van der Waals surface area contributed by atoms with Gasteiger partial charge in [-0.3, -0.25) is 4.90 Å². The largest absolute Gasteiger partial charge is 0.450 e. The number of amides is 1. The molecule has 26 heavy (non-hydrogen) atoms. The van der Waals surface area contributed by atoms with Crippen LogP contribution in [0.1, 0.15) is 27.2 Å². The van der Waals surface area contributed by atoms with Crippen LogP contribution >= 0.6 is 24.2 Å². The third-order valence-electron chi connectivity index (χ3n) is 4.14. The third kappa shape index (κ3) is 7.64. The number of benzene rings is 1. The Morgan fingerprint density at radius 3 is 2.58 bits per heavy atom. The topological polar surface area (TPSA) is 44.8 Å². The van der Waals surface area contributed by atoms with Crippen LogP contribution in [-0.2, 0) is 4.74 Å². The van der Waals surface area contributed by atoms with Crippen LogP contribution < -0.4 is 10.2 Å². The fraction of sp³-hybridized carbons (Fsp3) is 0.632. The van der Waals surface area contributed by atoms with Gasteiger partial charge < -0.3 is 15.0 Å². The van der Waals surface area contributed by atoms with Gasteiger partial charge in [-0.2, -0.15) is 0 Å². The monoisotopic (exact) mass is 401 g/mol. The number of alkyl carbamates (subject to hydrolysis) is 1. The number of nitrogens with zero attached hydrogens (tertiary/aromatic N) is 2. The second-order valence-corrected chi connectivity index (χ2v) is 8.08. The van der Waals surface area contributed by atoms with E-state index in [2.05, 4.69) is 53.2 Å². The number of carbonyl (C=O) groups excluding carboxylic acids is 1. The maximum atomic E-state index is 11.2. The summed E-state index contributed by atoms with van der Waals surface area (Å²) in [7, 11) is 0. The van der Waals surface area contributed by atoms with E-state index in [0.717, 1.165) is 39.1 Å². The van der Waals surface area contributed by atoms with Crippen molar-refractivity contribution < 1.29 is 9.53 Å². The lowest BCUT2D eigenvalue weighted by atomic mass is 10.2. The molecular weight excluding hydrogens is 370 g/mol. The lowest BCUT2D eigenvalue weighted by Crippen LogP contribution is -2.47. The first-order valence-corrected chi connectivity index (χ1v) is 10.1. The quantitative estimate of drug-likeness (QED) is 0.529. The number of rotatable bonds is 8. The number of piperazine rings is 1. The molecule has 0 aromatic heterocycles. The van der Waals surface area contributed by atoms with Crippen molar-refractivity contribution >= 4 is 35.9 Å². The van der Waals surface area contributed by atoms with Crippen molar-refractivity contribution in [2.75, 3.05) is 50.8 Å². The highest BCUT2D eigenvalue weighted by molar-refractivity contribution is 8.00. The summed E-state index contributed by atoms with van der Waals surface area (Å²) in [5.41, 5.74) is 1.37. The zero-order valence-corrected chi connectivity index (χ0v) is 17.7. The summed E-state index contributed by atoms with van der Waals surface area (Å²) in [6.45, 7) is 12.7. The molecule has 1 fully saturated rings. The molecule has 1 N–H and O–H groups in total. The third-order valence-corrected chi connectivity index (χ3v) is 5.21. The van der Waals surface area contributed by atoms with E-state index in [0.29, 0.717) is 18.4 Å². The Morgan fingerprint density at radius 2 is 1.92 bits per heavy atom. The number of halogens is 1. The molecule has 0 saturated carbocycles. The predicted octanol–water partition coefficient (Wildman–Crippen LogP) is 3.87. The van der Waals surface area contributed by atoms with Gasteiger partial charge in [0, 0.05) is 42.9 Å².